The maximum absolute atomic E-state index is 13.1. The minimum Gasteiger partial charge on any atom is -0.345 e. The van der Waals surface area contributed by atoms with Crippen LogP contribution in [0.5, 0.6) is 0 Å². The molecule has 2 aromatic rings. The molecule has 0 saturated carbocycles. The summed E-state index contributed by atoms with van der Waals surface area (Å²) in [4.78, 5) is 11.9. The van der Waals surface area contributed by atoms with E-state index in [1.54, 1.807) is 18.4 Å². The van der Waals surface area contributed by atoms with Gasteiger partial charge in [-0.15, -0.1) is 11.3 Å². The van der Waals surface area contributed by atoms with Gasteiger partial charge in [0.1, 0.15) is 0 Å². The standard InChI is InChI=1S/C13H10BrF2NOS/c1-7(8-2-3-10(15)11(16)4-8)17-13(18)9-5-12(14)19-6-9/h2-7H,1H3,(H,17,18). The molecule has 1 N–H and O–H groups in total. The monoisotopic (exact) mass is 345 g/mol. The number of thiophene rings is 1. The molecule has 2 nitrogen and oxygen atoms in total. The highest BCUT2D eigenvalue weighted by Crippen LogP contribution is 2.22. The average Bonchev–Trinajstić information content (AvgIpc) is 2.79. The van der Waals surface area contributed by atoms with Crippen LogP contribution in [-0.4, -0.2) is 5.91 Å². The zero-order valence-electron chi connectivity index (χ0n) is 9.91. The molecule has 0 fully saturated rings. The zero-order chi connectivity index (χ0) is 14.0. The van der Waals surface area contributed by atoms with Crippen molar-refractivity contribution in [3.05, 3.63) is 56.2 Å². The first-order valence-electron chi connectivity index (χ1n) is 5.47. The Kier molecular flexibility index (Phi) is 4.31. The normalized spacial score (nSPS) is 12.2. The lowest BCUT2D eigenvalue weighted by Gasteiger charge is -2.14. The summed E-state index contributed by atoms with van der Waals surface area (Å²) >= 11 is 4.68. The molecule has 1 unspecified atom stereocenters. The Morgan fingerprint density at radius 2 is 2.05 bits per heavy atom. The van der Waals surface area contributed by atoms with Crippen LogP contribution in [0.3, 0.4) is 0 Å². The van der Waals surface area contributed by atoms with Crippen LogP contribution in [0, 0.1) is 11.6 Å². The predicted octanol–water partition coefficient (Wildman–Crippen LogP) is 4.28. The van der Waals surface area contributed by atoms with Gasteiger partial charge in [0.05, 0.1) is 15.4 Å². The molecule has 0 saturated heterocycles. The number of hydrogen-bond donors (Lipinski definition) is 1. The number of nitrogens with one attached hydrogen (secondary N) is 1. The van der Waals surface area contributed by atoms with Crippen LogP contribution in [0.4, 0.5) is 8.78 Å². The van der Waals surface area contributed by atoms with Crippen LogP contribution in [-0.2, 0) is 0 Å². The van der Waals surface area contributed by atoms with Crippen molar-refractivity contribution in [1.29, 1.82) is 0 Å². The van der Waals surface area contributed by atoms with Crippen molar-refractivity contribution in [3.8, 4) is 0 Å². The second kappa shape index (κ2) is 5.79. The zero-order valence-corrected chi connectivity index (χ0v) is 12.3. The molecular weight excluding hydrogens is 336 g/mol. The number of rotatable bonds is 3. The van der Waals surface area contributed by atoms with Gasteiger partial charge in [0.2, 0.25) is 0 Å². The van der Waals surface area contributed by atoms with Gasteiger partial charge in [-0.25, -0.2) is 8.78 Å². The number of benzene rings is 1. The van der Waals surface area contributed by atoms with E-state index >= 15 is 0 Å². The van der Waals surface area contributed by atoms with Gasteiger partial charge in [-0.1, -0.05) is 6.07 Å². The Hall–Kier alpha value is -1.27. The van der Waals surface area contributed by atoms with E-state index in [1.165, 1.54) is 17.4 Å². The van der Waals surface area contributed by atoms with E-state index in [2.05, 4.69) is 21.2 Å². The highest BCUT2D eigenvalue weighted by atomic mass is 79.9. The molecule has 100 valence electrons. The molecule has 6 heteroatoms. The maximum atomic E-state index is 13.1. The first kappa shape index (κ1) is 14.1. The van der Waals surface area contributed by atoms with Gasteiger partial charge in [0, 0.05) is 5.38 Å². The van der Waals surface area contributed by atoms with E-state index in [0.29, 0.717) is 11.1 Å². The van der Waals surface area contributed by atoms with E-state index in [0.717, 1.165) is 15.9 Å². The van der Waals surface area contributed by atoms with Gasteiger partial charge in [-0.05, 0) is 46.6 Å². The largest absolute Gasteiger partial charge is 0.345 e. The fourth-order valence-electron chi connectivity index (χ4n) is 1.57. The fraction of sp³-hybridized carbons (Fsp3) is 0.154. The van der Waals surface area contributed by atoms with Crippen molar-refractivity contribution >= 4 is 33.2 Å². The number of hydrogen-bond acceptors (Lipinski definition) is 2. The minimum atomic E-state index is -0.920. The third-order valence-electron chi connectivity index (χ3n) is 2.62. The Bertz CT molecular complexity index is 614. The van der Waals surface area contributed by atoms with Crippen molar-refractivity contribution in [2.45, 2.75) is 13.0 Å². The summed E-state index contributed by atoms with van der Waals surface area (Å²) in [6.45, 7) is 1.71. The van der Waals surface area contributed by atoms with Crippen molar-refractivity contribution in [1.82, 2.24) is 5.32 Å². The average molecular weight is 346 g/mol. The molecule has 1 atom stereocenters. The summed E-state index contributed by atoms with van der Waals surface area (Å²) < 4.78 is 26.8. The Labute approximate surface area is 121 Å². The van der Waals surface area contributed by atoms with Crippen LogP contribution >= 0.6 is 27.3 Å². The smallest absolute Gasteiger partial charge is 0.252 e. The molecule has 19 heavy (non-hydrogen) atoms. The summed E-state index contributed by atoms with van der Waals surface area (Å²) in [5, 5.41) is 4.45. The van der Waals surface area contributed by atoms with Crippen LogP contribution in [0.25, 0.3) is 0 Å². The second-order valence-electron chi connectivity index (χ2n) is 4.01. The molecule has 0 spiro atoms. The van der Waals surface area contributed by atoms with Crippen LogP contribution in [0.15, 0.2) is 33.4 Å². The Morgan fingerprint density at radius 3 is 2.63 bits per heavy atom. The second-order valence-corrected chi connectivity index (χ2v) is 6.30. The SMILES string of the molecule is CC(NC(=O)c1csc(Br)c1)c1ccc(F)c(F)c1. The maximum Gasteiger partial charge on any atom is 0.252 e. The fourth-order valence-corrected chi connectivity index (χ4v) is 2.71. The van der Waals surface area contributed by atoms with Gasteiger partial charge < -0.3 is 5.32 Å². The van der Waals surface area contributed by atoms with Gasteiger partial charge in [-0.3, -0.25) is 4.79 Å². The van der Waals surface area contributed by atoms with Gasteiger partial charge in [-0.2, -0.15) is 0 Å². The first-order valence-corrected chi connectivity index (χ1v) is 7.14. The van der Waals surface area contributed by atoms with E-state index in [-0.39, 0.29) is 5.91 Å². The highest BCUT2D eigenvalue weighted by molar-refractivity contribution is 9.11. The highest BCUT2D eigenvalue weighted by Gasteiger charge is 2.14. The summed E-state index contributed by atoms with van der Waals surface area (Å²) in [7, 11) is 0. The Balaban J connectivity index is 2.10. The summed E-state index contributed by atoms with van der Waals surface area (Å²) in [6, 6.07) is 4.89. The van der Waals surface area contributed by atoms with Gasteiger partial charge >= 0.3 is 0 Å². The summed E-state index contributed by atoms with van der Waals surface area (Å²) in [5.41, 5.74) is 1.05. The van der Waals surface area contributed by atoms with Crippen molar-refractivity contribution in [2.75, 3.05) is 0 Å². The molecule has 1 aromatic heterocycles. The number of amides is 1. The number of carbonyl (C=O) groups is 1. The lowest BCUT2D eigenvalue weighted by molar-refractivity contribution is 0.0940. The molecule has 1 heterocycles. The third-order valence-corrected chi connectivity index (χ3v) is 4.13. The topological polar surface area (TPSA) is 29.1 Å². The molecule has 1 aromatic carbocycles. The van der Waals surface area contributed by atoms with Gasteiger partial charge in [0.25, 0.3) is 5.91 Å². The summed E-state index contributed by atoms with van der Waals surface area (Å²) in [5.74, 6) is -2.07. The predicted molar refractivity (Wildman–Crippen MR) is 74.3 cm³/mol. The van der Waals surface area contributed by atoms with E-state index < -0.39 is 17.7 Å². The molecule has 0 aliphatic rings. The van der Waals surface area contributed by atoms with Crippen LogP contribution < -0.4 is 5.32 Å². The molecule has 2 rings (SSSR count). The van der Waals surface area contributed by atoms with Crippen molar-refractivity contribution < 1.29 is 13.6 Å². The molecule has 0 bridgehead atoms. The van der Waals surface area contributed by atoms with Gasteiger partial charge in [0.15, 0.2) is 11.6 Å². The van der Waals surface area contributed by atoms with E-state index in [4.69, 9.17) is 0 Å². The van der Waals surface area contributed by atoms with Crippen LogP contribution in [0.2, 0.25) is 0 Å². The minimum absolute atomic E-state index is 0.251. The third kappa shape index (κ3) is 3.39. The lowest BCUT2D eigenvalue weighted by atomic mass is 10.1. The molecule has 0 aliphatic heterocycles. The number of carbonyl (C=O) groups excluding carboxylic acids is 1. The van der Waals surface area contributed by atoms with E-state index in [9.17, 15) is 13.6 Å². The summed E-state index contributed by atoms with van der Waals surface area (Å²) in [6.07, 6.45) is 0. The Morgan fingerprint density at radius 1 is 1.32 bits per heavy atom. The van der Waals surface area contributed by atoms with Crippen LogP contribution in [0.1, 0.15) is 28.9 Å². The lowest BCUT2D eigenvalue weighted by Crippen LogP contribution is -2.26. The molecular formula is C13H10BrF2NOS. The molecule has 0 radical (unpaired) electrons. The first-order chi connectivity index (χ1) is 8.97. The quantitative estimate of drug-likeness (QED) is 0.883. The van der Waals surface area contributed by atoms with Crippen molar-refractivity contribution in [2.24, 2.45) is 0 Å². The molecule has 0 aliphatic carbocycles. The number of halogens is 3. The van der Waals surface area contributed by atoms with Crippen molar-refractivity contribution in [3.63, 3.8) is 0 Å². The molecule has 1 amide bonds. The van der Waals surface area contributed by atoms with E-state index in [1.807, 2.05) is 0 Å².